The van der Waals surface area contributed by atoms with E-state index >= 15 is 0 Å². The molecule has 1 aromatic carbocycles. The van der Waals surface area contributed by atoms with Gasteiger partial charge in [-0.1, -0.05) is 6.07 Å². The van der Waals surface area contributed by atoms with Crippen LogP contribution in [-0.4, -0.2) is 64.2 Å². The van der Waals surface area contributed by atoms with Crippen molar-refractivity contribution < 1.29 is 27.5 Å². The minimum Gasteiger partial charge on any atom is -0.406 e. The number of urea groups is 1. The fourth-order valence-electron chi connectivity index (χ4n) is 4.59. The maximum absolute atomic E-state index is 12.7. The Hall–Kier alpha value is -4.48. The molecule has 3 aromatic rings. The Balaban J connectivity index is 1.20. The number of ketones is 1. The van der Waals surface area contributed by atoms with Gasteiger partial charge in [0, 0.05) is 62.2 Å². The summed E-state index contributed by atoms with van der Waals surface area (Å²) in [6.07, 6.45) is 1.57. The first-order chi connectivity index (χ1) is 18.6. The molecule has 0 spiro atoms. The van der Waals surface area contributed by atoms with Gasteiger partial charge in [-0.05, 0) is 54.5 Å². The summed E-state index contributed by atoms with van der Waals surface area (Å²) in [5.41, 5.74) is 4.99. The second-order valence-corrected chi connectivity index (χ2v) is 9.30. The van der Waals surface area contributed by atoms with Crippen LogP contribution in [0.25, 0.3) is 11.6 Å². The monoisotopic (exact) mass is 538 g/mol. The number of hydrogen-bond acceptors (Lipinski definition) is 7. The Labute approximate surface area is 222 Å². The van der Waals surface area contributed by atoms with Crippen LogP contribution in [0.2, 0.25) is 0 Å². The van der Waals surface area contributed by atoms with E-state index in [9.17, 15) is 22.8 Å². The van der Waals surface area contributed by atoms with E-state index in [0.29, 0.717) is 44.7 Å². The van der Waals surface area contributed by atoms with Crippen LogP contribution in [0.15, 0.2) is 48.9 Å². The fraction of sp³-hybridized carbons (Fsp3) is 0.296. The first kappa shape index (κ1) is 26.1. The first-order valence-electron chi connectivity index (χ1n) is 12.3. The SMILES string of the molecule is CC(=O)Cc1ccc(C2=Cc3c(ncnc3N3CCN(C(=O)Nc4ccc(OC(F)(F)F)cc4)CC3)C2)cn1. The molecule has 1 N–H and O–H groups in total. The Morgan fingerprint density at radius 1 is 1.00 bits per heavy atom. The van der Waals surface area contributed by atoms with Crippen LogP contribution in [0.1, 0.15) is 29.4 Å². The number of piperazine rings is 1. The molecule has 3 heterocycles. The second-order valence-electron chi connectivity index (χ2n) is 9.30. The normalized spacial score (nSPS) is 15.0. The van der Waals surface area contributed by atoms with Gasteiger partial charge in [0.05, 0.1) is 5.69 Å². The average molecular weight is 539 g/mol. The number of allylic oxidation sites excluding steroid dienone is 1. The third-order valence-corrected chi connectivity index (χ3v) is 6.45. The van der Waals surface area contributed by atoms with Crippen molar-refractivity contribution in [1.29, 1.82) is 0 Å². The number of hydrogen-bond donors (Lipinski definition) is 1. The van der Waals surface area contributed by atoms with Crippen molar-refractivity contribution in [1.82, 2.24) is 19.9 Å². The number of halogens is 3. The molecule has 0 radical (unpaired) electrons. The maximum Gasteiger partial charge on any atom is 0.573 e. The number of pyridine rings is 1. The van der Waals surface area contributed by atoms with Crippen molar-refractivity contribution in [3.05, 3.63) is 71.4 Å². The topological polar surface area (TPSA) is 101 Å². The number of anilines is 2. The predicted octanol–water partition coefficient (Wildman–Crippen LogP) is 4.35. The molecule has 1 saturated heterocycles. The number of nitrogens with one attached hydrogen (secondary N) is 1. The molecular formula is C27H25F3N6O3. The van der Waals surface area contributed by atoms with Crippen LogP contribution in [-0.2, 0) is 17.6 Å². The number of aromatic nitrogens is 3. The molecule has 2 amide bonds. The van der Waals surface area contributed by atoms with Gasteiger partial charge in [-0.15, -0.1) is 13.2 Å². The van der Waals surface area contributed by atoms with Crippen molar-refractivity contribution in [3.63, 3.8) is 0 Å². The highest BCUT2D eigenvalue weighted by atomic mass is 19.4. The second kappa shape index (κ2) is 10.7. The lowest BCUT2D eigenvalue weighted by Gasteiger charge is -2.35. The zero-order valence-corrected chi connectivity index (χ0v) is 21.0. The van der Waals surface area contributed by atoms with Gasteiger partial charge in [0.25, 0.3) is 0 Å². The molecule has 0 saturated carbocycles. The largest absolute Gasteiger partial charge is 0.573 e. The summed E-state index contributed by atoms with van der Waals surface area (Å²) in [4.78, 5) is 41.2. The van der Waals surface area contributed by atoms with Gasteiger partial charge in [-0.3, -0.25) is 9.78 Å². The minimum atomic E-state index is -4.77. The van der Waals surface area contributed by atoms with Crippen LogP contribution in [0.5, 0.6) is 5.75 Å². The summed E-state index contributed by atoms with van der Waals surface area (Å²) in [7, 11) is 0. The number of fused-ring (bicyclic) bond motifs is 1. The third kappa shape index (κ3) is 6.33. The molecule has 0 atom stereocenters. The van der Waals surface area contributed by atoms with Crippen molar-refractivity contribution in [3.8, 4) is 5.75 Å². The standard InChI is InChI=1S/C27H25F3N6O3/c1-17(37)12-21-3-2-18(15-31-21)19-13-23-24(14-19)32-16-33-25(23)35-8-10-36(11-9-35)26(38)34-20-4-6-22(7-5-20)39-27(28,29)30/h2-7,13,15-16H,8-12,14H2,1H3,(H,34,38). The van der Waals surface area contributed by atoms with E-state index in [2.05, 4.69) is 36.0 Å². The molecule has 12 heteroatoms. The summed E-state index contributed by atoms with van der Waals surface area (Å²) < 4.78 is 40.9. The lowest BCUT2D eigenvalue weighted by molar-refractivity contribution is -0.274. The van der Waals surface area contributed by atoms with E-state index in [0.717, 1.165) is 46.0 Å². The van der Waals surface area contributed by atoms with Gasteiger partial charge < -0.3 is 19.9 Å². The fourth-order valence-corrected chi connectivity index (χ4v) is 4.59. The number of Topliss-reactive ketones (excluding diaryl/α,β-unsaturated/α-hetero) is 1. The number of amides is 2. The van der Waals surface area contributed by atoms with Gasteiger partial charge in [0.15, 0.2) is 0 Å². The van der Waals surface area contributed by atoms with Crippen LogP contribution in [0, 0.1) is 0 Å². The van der Waals surface area contributed by atoms with Crippen LogP contribution >= 0.6 is 0 Å². The van der Waals surface area contributed by atoms with Crippen LogP contribution in [0.4, 0.5) is 29.5 Å². The van der Waals surface area contributed by atoms with Crippen molar-refractivity contribution in [2.75, 3.05) is 36.4 Å². The van der Waals surface area contributed by atoms with E-state index < -0.39 is 6.36 Å². The molecule has 0 unspecified atom stereocenters. The summed E-state index contributed by atoms with van der Waals surface area (Å²) in [6, 6.07) is 8.50. The Morgan fingerprint density at radius 2 is 1.74 bits per heavy atom. The number of ether oxygens (including phenoxy) is 1. The number of carbonyl (C=O) groups is 2. The summed E-state index contributed by atoms with van der Waals surface area (Å²) >= 11 is 0. The van der Waals surface area contributed by atoms with Gasteiger partial charge >= 0.3 is 12.4 Å². The van der Waals surface area contributed by atoms with Gasteiger partial charge in [0.1, 0.15) is 23.7 Å². The molecular weight excluding hydrogens is 513 g/mol. The zero-order valence-electron chi connectivity index (χ0n) is 21.0. The summed E-state index contributed by atoms with van der Waals surface area (Å²) in [6.45, 7) is 3.53. The number of nitrogens with zero attached hydrogens (tertiary/aromatic N) is 5. The summed E-state index contributed by atoms with van der Waals surface area (Å²) in [5.74, 6) is 0.510. The van der Waals surface area contributed by atoms with Crippen molar-refractivity contribution >= 4 is 35.0 Å². The zero-order chi connectivity index (χ0) is 27.6. The van der Waals surface area contributed by atoms with Gasteiger partial charge in [0.2, 0.25) is 0 Å². The first-order valence-corrected chi connectivity index (χ1v) is 12.3. The van der Waals surface area contributed by atoms with Gasteiger partial charge in [-0.2, -0.15) is 0 Å². The highest BCUT2D eigenvalue weighted by Gasteiger charge is 2.31. The van der Waals surface area contributed by atoms with E-state index in [4.69, 9.17) is 0 Å². The molecule has 39 heavy (non-hydrogen) atoms. The van der Waals surface area contributed by atoms with E-state index in [1.54, 1.807) is 17.4 Å². The highest BCUT2D eigenvalue weighted by molar-refractivity contribution is 5.91. The molecule has 2 aliphatic rings. The molecule has 202 valence electrons. The van der Waals surface area contributed by atoms with Crippen LogP contribution in [0.3, 0.4) is 0 Å². The lowest BCUT2D eigenvalue weighted by atomic mass is 10.1. The Bertz CT molecular complexity index is 1400. The quantitative estimate of drug-likeness (QED) is 0.498. The molecule has 5 rings (SSSR count). The average Bonchev–Trinajstić information content (AvgIpc) is 3.34. The Morgan fingerprint density at radius 3 is 2.38 bits per heavy atom. The molecule has 0 bridgehead atoms. The minimum absolute atomic E-state index is 0.0637. The molecule has 1 fully saturated rings. The molecule has 9 nitrogen and oxygen atoms in total. The number of alkyl halides is 3. The van der Waals surface area contributed by atoms with E-state index in [-0.39, 0.29) is 17.6 Å². The van der Waals surface area contributed by atoms with Crippen LogP contribution < -0.4 is 15.0 Å². The molecule has 1 aliphatic carbocycles. The highest BCUT2D eigenvalue weighted by Crippen LogP contribution is 2.35. The van der Waals surface area contributed by atoms with Gasteiger partial charge in [-0.25, -0.2) is 14.8 Å². The van der Waals surface area contributed by atoms with E-state index in [1.165, 1.54) is 19.1 Å². The number of carbonyl (C=O) groups excluding carboxylic acids is 2. The number of rotatable bonds is 6. The number of benzene rings is 1. The van der Waals surface area contributed by atoms with Crippen molar-refractivity contribution in [2.45, 2.75) is 26.1 Å². The summed E-state index contributed by atoms with van der Waals surface area (Å²) in [5, 5.41) is 2.71. The van der Waals surface area contributed by atoms with E-state index in [1.807, 2.05) is 12.1 Å². The Kier molecular flexibility index (Phi) is 7.18. The van der Waals surface area contributed by atoms with Crippen molar-refractivity contribution in [2.24, 2.45) is 0 Å². The molecule has 2 aromatic heterocycles. The maximum atomic E-state index is 12.7. The smallest absolute Gasteiger partial charge is 0.406 e. The molecule has 1 aliphatic heterocycles. The third-order valence-electron chi connectivity index (χ3n) is 6.45. The predicted molar refractivity (Wildman–Crippen MR) is 138 cm³/mol. The lowest BCUT2D eigenvalue weighted by Crippen LogP contribution is -2.50.